The molecule has 21 heavy (non-hydrogen) atoms. The fraction of sp³-hybridized carbons (Fsp3) is 0.235. The standard InChI is InChI=1S/C17H15FN2O/c18-13-2-4-16-15-3-1-11(8-14(20)10-19)7-12(15)5-6-21-17(16)9-13/h1-4,7,9,14H,5-6,8,20H2. The zero-order chi connectivity index (χ0) is 14.8. The highest BCUT2D eigenvalue weighted by atomic mass is 19.1. The van der Waals surface area contributed by atoms with E-state index >= 15 is 0 Å². The van der Waals surface area contributed by atoms with Crippen molar-refractivity contribution < 1.29 is 9.13 Å². The molecular formula is C17H15FN2O. The predicted octanol–water partition coefficient (Wildman–Crippen LogP) is 2.82. The smallest absolute Gasteiger partial charge is 0.130 e. The maximum atomic E-state index is 13.3. The molecule has 1 aliphatic heterocycles. The zero-order valence-corrected chi connectivity index (χ0v) is 11.5. The normalized spacial score (nSPS) is 14.1. The van der Waals surface area contributed by atoms with Gasteiger partial charge < -0.3 is 10.5 Å². The first-order valence-corrected chi connectivity index (χ1v) is 6.87. The van der Waals surface area contributed by atoms with Crippen molar-refractivity contribution >= 4 is 0 Å². The molecule has 2 aromatic carbocycles. The highest BCUT2D eigenvalue weighted by molar-refractivity contribution is 5.74. The van der Waals surface area contributed by atoms with Crippen molar-refractivity contribution in [1.82, 2.24) is 0 Å². The van der Waals surface area contributed by atoms with Crippen LogP contribution in [0.5, 0.6) is 5.75 Å². The number of rotatable bonds is 2. The van der Waals surface area contributed by atoms with E-state index < -0.39 is 6.04 Å². The van der Waals surface area contributed by atoms with Crippen LogP contribution in [-0.4, -0.2) is 12.6 Å². The van der Waals surface area contributed by atoms with Gasteiger partial charge in [0.05, 0.1) is 18.7 Å². The summed E-state index contributed by atoms with van der Waals surface area (Å²) in [7, 11) is 0. The van der Waals surface area contributed by atoms with E-state index in [4.69, 9.17) is 15.7 Å². The van der Waals surface area contributed by atoms with Gasteiger partial charge in [0.25, 0.3) is 0 Å². The Labute approximate surface area is 122 Å². The van der Waals surface area contributed by atoms with E-state index in [1.165, 1.54) is 12.1 Å². The van der Waals surface area contributed by atoms with Gasteiger partial charge in [0.2, 0.25) is 0 Å². The van der Waals surface area contributed by atoms with Gasteiger partial charge in [-0.3, -0.25) is 0 Å². The molecule has 0 aromatic heterocycles. The number of benzene rings is 2. The predicted molar refractivity (Wildman–Crippen MR) is 78.3 cm³/mol. The highest BCUT2D eigenvalue weighted by Crippen LogP contribution is 2.36. The summed E-state index contributed by atoms with van der Waals surface area (Å²) in [5, 5.41) is 8.81. The Hall–Kier alpha value is -2.38. The summed E-state index contributed by atoms with van der Waals surface area (Å²) in [6.07, 6.45) is 1.28. The van der Waals surface area contributed by atoms with Gasteiger partial charge in [0, 0.05) is 24.5 Å². The Bertz CT molecular complexity index is 721. The zero-order valence-electron chi connectivity index (χ0n) is 11.5. The van der Waals surface area contributed by atoms with Crippen LogP contribution in [0.3, 0.4) is 0 Å². The largest absolute Gasteiger partial charge is 0.492 e. The second kappa shape index (κ2) is 5.55. The number of hydrogen-bond acceptors (Lipinski definition) is 3. The van der Waals surface area contributed by atoms with Crippen molar-refractivity contribution in [2.45, 2.75) is 18.9 Å². The molecule has 0 saturated heterocycles. The molecule has 106 valence electrons. The first kappa shape index (κ1) is 13.6. The van der Waals surface area contributed by atoms with Gasteiger partial charge in [-0.1, -0.05) is 18.2 Å². The maximum absolute atomic E-state index is 13.3. The topological polar surface area (TPSA) is 59.0 Å². The van der Waals surface area contributed by atoms with Crippen molar-refractivity contribution in [3.8, 4) is 22.9 Å². The number of nitriles is 1. The second-order valence-electron chi connectivity index (χ2n) is 5.17. The quantitative estimate of drug-likeness (QED) is 0.921. The molecule has 0 fully saturated rings. The van der Waals surface area contributed by atoms with E-state index in [1.54, 1.807) is 6.07 Å². The molecule has 0 saturated carbocycles. The number of hydrogen-bond donors (Lipinski definition) is 1. The van der Waals surface area contributed by atoms with Crippen LogP contribution < -0.4 is 10.5 Å². The van der Waals surface area contributed by atoms with Crippen molar-refractivity contribution in [2.75, 3.05) is 6.61 Å². The maximum Gasteiger partial charge on any atom is 0.130 e. The Kier molecular flexibility index (Phi) is 3.59. The molecule has 2 N–H and O–H groups in total. The number of halogens is 1. The number of nitrogens with two attached hydrogens (primary N) is 1. The minimum Gasteiger partial charge on any atom is -0.492 e. The third-order valence-corrected chi connectivity index (χ3v) is 3.65. The lowest BCUT2D eigenvalue weighted by Crippen LogP contribution is -2.20. The fourth-order valence-electron chi connectivity index (χ4n) is 2.65. The fourth-order valence-corrected chi connectivity index (χ4v) is 2.65. The van der Waals surface area contributed by atoms with Gasteiger partial charge in [-0.05, 0) is 28.8 Å². The summed E-state index contributed by atoms with van der Waals surface area (Å²) in [5.41, 5.74) is 9.81. The average molecular weight is 282 g/mol. The molecule has 0 amide bonds. The Balaban J connectivity index is 2.02. The molecule has 0 aliphatic carbocycles. The van der Waals surface area contributed by atoms with Crippen LogP contribution in [0.2, 0.25) is 0 Å². The summed E-state index contributed by atoms with van der Waals surface area (Å²) < 4.78 is 19.0. The Morgan fingerprint density at radius 2 is 2.05 bits per heavy atom. The van der Waals surface area contributed by atoms with Crippen LogP contribution in [0.4, 0.5) is 4.39 Å². The molecule has 1 atom stereocenters. The summed E-state index contributed by atoms with van der Waals surface area (Å²) in [4.78, 5) is 0. The van der Waals surface area contributed by atoms with E-state index in [1.807, 2.05) is 18.2 Å². The number of nitrogens with zero attached hydrogens (tertiary/aromatic N) is 1. The minimum absolute atomic E-state index is 0.297. The van der Waals surface area contributed by atoms with Crippen LogP contribution in [0.1, 0.15) is 11.1 Å². The molecule has 0 radical (unpaired) electrons. The van der Waals surface area contributed by atoms with Gasteiger partial charge in [0.1, 0.15) is 11.6 Å². The van der Waals surface area contributed by atoms with Gasteiger partial charge >= 0.3 is 0 Å². The van der Waals surface area contributed by atoms with Crippen LogP contribution in [-0.2, 0) is 12.8 Å². The van der Waals surface area contributed by atoms with Crippen molar-refractivity contribution in [1.29, 1.82) is 5.26 Å². The van der Waals surface area contributed by atoms with Gasteiger partial charge in [-0.25, -0.2) is 4.39 Å². The third kappa shape index (κ3) is 2.74. The van der Waals surface area contributed by atoms with Crippen LogP contribution >= 0.6 is 0 Å². The van der Waals surface area contributed by atoms with E-state index in [9.17, 15) is 4.39 Å². The highest BCUT2D eigenvalue weighted by Gasteiger charge is 2.16. The minimum atomic E-state index is -0.494. The first-order valence-electron chi connectivity index (χ1n) is 6.87. The molecule has 0 bridgehead atoms. The van der Waals surface area contributed by atoms with Gasteiger partial charge in [-0.15, -0.1) is 0 Å². The molecule has 3 nitrogen and oxygen atoms in total. The van der Waals surface area contributed by atoms with E-state index in [0.29, 0.717) is 18.8 Å². The SMILES string of the molecule is N#CC(N)Cc1ccc2c(c1)CCOc1cc(F)ccc1-2. The number of fused-ring (bicyclic) bond motifs is 3. The summed E-state index contributed by atoms with van der Waals surface area (Å²) >= 11 is 0. The van der Waals surface area contributed by atoms with Gasteiger partial charge in [0.15, 0.2) is 0 Å². The number of ether oxygens (including phenoxy) is 1. The third-order valence-electron chi connectivity index (χ3n) is 3.65. The monoisotopic (exact) mass is 282 g/mol. The molecule has 1 unspecified atom stereocenters. The summed E-state index contributed by atoms with van der Waals surface area (Å²) in [6.45, 7) is 0.511. The van der Waals surface area contributed by atoms with Gasteiger partial charge in [-0.2, -0.15) is 5.26 Å². The Morgan fingerprint density at radius 1 is 1.24 bits per heavy atom. The molecule has 4 heteroatoms. The molecule has 2 aromatic rings. The lowest BCUT2D eigenvalue weighted by Gasteiger charge is -2.11. The Morgan fingerprint density at radius 3 is 2.86 bits per heavy atom. The molecular weight excluding hydrogens is 267 g/mol. The molecule has 0 spiro atoms. The van der Waals surface area contributed by atoms with Crippen molar-refractivity contribution in [2.24, 2.45) is 5.73 Å². The van der Waals surface area contributed by atoms with E-state index in [0.717, 1.165) is 28.7 Å². The molecule has 1 aliphatic rings. The lowest BCUT2D eigenvalue weighted by molar-refractivity contribution is 0.325. The lowest BCUT2D eigenvalue weighted by atomic mass is 9.94. The van der Waals surface area contributed by atoms with Crippen molar-refractivity contribution in [3.05, 3.63) is 53.3 Å². The van der Waals surface area contributed by atoms with Crippen LogP contribution in [0.15, 0.2) is 36.4 Å². The van der Waals surface area contributed by atoms with E-state index in [-0.39, 0.29) is 5.82 Å². The molecule has 1 heterocycles. The average Bonchev–Trinajstić information content (AvgIpc) is 2.65. The second-order valence-corrected chi connectivity index (χ2v) is 5.17. The van der Waals surface area contributed by atoms with E-state index in [2.05, 4.69) is 6.07 Å². The van der Waals surface area contributed by atoms with Crippen LogP contribution in [0, 0.1) is 17.1 Å². The summed E-state index contributed by atoms with van der Waals surface area (Å²) in [5.74, 6) is 0.282. The van der Waals surface area contributed by atoms with Crippen LogP contribution in [0.25, 0.3) is 11.1 Å². The summed E-state index contributed by atoms with van der Waals surface area (Å²) in [6, 6.07) is 12.2. The first-order chi connectivity index (χ1) is 10.2. The molecule has 3 rings (SSSR count). The van der Waals surface area contributed by atoms with Crippen molar-refractivity contribution in [3.63, 3.8) is 0 Å².